The molecule has 2 aromatic heterocycles. The highest BCUT2D eigenvalue weighted by Crippen LogP contribution is 2.33. The van der Waals surface area contributed by atoms with Gasteiger partial charge in [0.25, 0.3) is 5.91 Å². The summed E-state index contributed by atoms with van der Waals surface area (Å²) >= 11 is 0. The normalized spacial score (nSPS) is 11.5. The minimum atomic E-state index is -4.79. The molecule has 0 spiro atoms. The number of nitrogens with zero attached hydrogens (tertiary/aromatic N) is 4. The van der Waals surface area contributed by atoms with E-state index in [0.29, 0.717) is 22.2 Å². The van der Waals surface area contributed by atoms with Crippen LogP contribution in [0.2, 0.25) is 0 Å². The molecule has 12 heteroatoms. The van der Waals surface area contributed by atoms with E-state index in [1.807, 2.05) is 0 Å². The Morgan fingerprint density at radius 1 is 1.03 bits per heavy atom. The molecule has 4 rings (SSSR count). The van der Waals surface area contributed by atoms with Crippen molar-refractivity contribution in [3.05, 3.63) is 71.0 Å². The second-order valence-corrected chi connectivity index (χ2v) is 7.33. The molecule has 174 valence electrons. The lowest BCUT2D eigenvalue weighted by molar-refractivity contribution is -0.274. The molecule has 0 atom stereocenters. The zero-order chi connectivity index (χ0) is 24.6. The summed E-state index contributed by atoms with van der Waals surface area (Å²) in [7, 11) is 0. The minimum absolute atomic E-state index is 0.0307. The number of pyridine rings is 1. The number of hydrogen-bond acceptors (Lipinski definition) is 6. The van der Waals surface area contributed by atoms with Gasteiger partial charge in [-0.15, -0.1) is 18.3 Å². The van der Waals surface area contributed by atoms with Crippen LogP contribution in [0.4, 0.5) is 13.2 Å². The lowest BCUT2D eigenvalue weighted by Gasteiger charge is -2.13. The number of hydrogen-bond donors (Lipinski definition) is 2. The second kappa shape index (κ2) is 8.46. The maximum Gasteiger partial charge on any atom is 0.573 e. The highest BCUT2D eigenvalue weighted by Gasteiger charge is 2.31. The van der Waals surface area contributed by atoms with Crippen LogP contribution in [0.3, 0.4) is 0 Å². The van der Waals surface area contributed by atoms with E-state index in [-0.39, 0.29) is 34.8 Å². The van der Waals surface area contributed by atoms with Gasteiger partial charge in [0, 0.05) is 10.9 Å². The van der Waals surface area contributed by atoms with Gasteiger partial charge in [0.1, 0.15) is 17.1 Å². The maximum atomic E-state index is 12.4. The number of fused-ring (bicyclic) bond motifs is 1. The quantitative estimate of drug-likeness (QED) is 0.444. The van der Waals surface area contributed by atoms with Crippen LogP contribution in [0.5, 0.6) is 5.75 Å². The van der Waals surface area contributed by atoms with E-state index in [2.05, 4.69) is 20.0 Å². The fraction of sp³-hybridized carbons (Fsp3) is 0.136. The maximum absolute atomic E-state index is 12.4. The summed E-state index contributed by atoms with van der Waals surface area (Å²) in [5, 5.41) is 8.62. The molecule has 0 unspecified atom stereocenters. The Bertz CT molecular complexity index is 1410. The average molecular weight is 470 g/mol. The van der Waals surface area contributed by atoms with Gasteiger partial charge in [-0.2, -0.15) is 0 Å². The van der Waals surface area contributed by atoms with Crippen molar-refractivity contribution in [1.29, 1.82) is 0 Å². The second-order valence-electron chi connectivity index (χ2n) is 7.33. The van der Waals surface area contributed by atoms with E-state index in [1.54, 1.807) is 31.2 Å². The van der Waals surface area contributed by atoms with Crippen LogP contribution < -0.4 is 16.2 Å². The zero-order valence-electron chi connectivity index (χ0n) is 17.6. The van der Waals surface area contributed by atoms with Crippen LogP contribution in [0.25, 0.3) is 22.2 Å². The Hall–Kier alpha value is -4.48. The Morgan fingerprint density at radius 3 is 2.32 bits per heavy atom. The highest BCUT2D eigenvalue weighted by atomic mass is 19.4. The molecular weight excluding hydrogens is 453 g/mol. The van der Waals surface area contributed by atoms with Gasteiger partial charge in [-0.3, -0.25) is 9.59 Å². The van der Waals surface area contributed by atoms with Crippen LogP contribution in [0.15, 0.2) is 48.5 Å². The number of benzene rings is 2. The molecule has 0 saturated heterocycles. The molecule has 4 N–H and O–H groups in total. The Balaban J connectivity index is 1.78. The molecule has 0 aliphatic heterocycles. The van der Waals surface area contributed by atoms with Crippen LogP contribution >= 0.6 is 0 Å². The number of carbonyl (C=O) groups excluding carboxylic acids is 2. The predicted molar refractivity (Wildman–Crippen MR) is 115 cm³/mol. The summed E-state index contributed by atoms with van der Waals surface area (Å²) < 4.78 is 42.4. The van der Waals surface area contributed by atoms with E-state index in [1.165, 1.54) is 28.9 Å². The standard InChI is InChI=1S/C22H17F3N6O3/c1-11-18(29-30-31(11)10-12-6-8-13(9-7-12)34-22(23,24)25)17-16(20(26)32)14-4-2-3-5-15(14)28-19(17)21(27)33/h2-9H,10H2,1H3,(H2,26,32)(H2,27,33). The Labute approximate surface area is 190 Å². The summed E-state index contributed by atoms with van der Waals surface area (Å²) in [6.45, 7) is 1.80. The van der Waals surface area contributed by atoms with E-state index in [4.69, 9.17) is 11.5 Å². The molecular formula is C22H17F3N6O3. The highest BCUT2D eigenvalue weighted by molar-refractivity contribution is 6.15. The summed E-state index contributed by atoms with van der Waals surface area (Å²) in [5.41, 5.74) is 12.7. The van der Waals surface area contributed by atoms with Crippen molar-refractivity contribution >= 4 is 22.7 Å². The number of carbonyl (C=O) groups is 2. The summed E-state index contributed by atoms with van der Waals surface area (Å²) in [5.74, 6) is -2.03. The lowest BCUT2D eigenvalue weighted by Crippen LogP contribution is -2.21. The fourth-order valence-electron chi connectivity index (χ4n) is 3.59. The molecule has 4 aromatic rings. The van der Waals surface area contributed by atoms with Gasteiger partial charge in [-0.05, 0) is 30.7 Å². The number of halogens is 3. The zero-order valence-corrected chi connectivity index (χ0v) is 17.6. The monoisotopic (exact) mass is 470 g/mol. The van der Waals surface area contributed by atoms with E-state index in [0.717, 1.165) is 0 Å². The van der Waals surface area contributed by atoms with Crippen molar-refractivity contribution in [2.45, 2.75) is 19.8 Å². The topological polar surface area (TPSA) is 139 Å². The molecule has 0 fully saturated rings. The third-order valence-corrected chi connectivity index (χ3v) is 5.08. The number of ether oxygens (including phenoxy) is 1. The van der Waals surface area contributed by atoms with Crippen LogP contribution in [0.1, 0.15) is 32.1 Å². The minimum Gasteiger partial charge on any atom is -0.406 e. The van der Waals surface area contributed by atoms with Crippen LogP contribution in [0, 0.1) is 6.92 Å². The van der Waals surface area contributed by atoms with Crippen molar-refractivity contribution < 1.29 is 27.5 Å². The van der Waals surface area contributed by atoms with Gasteiger partial charge >= 0.3 is 6.36 Å². The fourth-order valence-corrected chi connectivity index (χ4v) is 3.59. The Morgan fingerprint density at radius 2 is 1.71 bits per heavy atom. The van der Waals surface area contributed by atoms with Crippen LogP contribution in [-0.2, 0) is 6.54 Å². The molecule has 2 heterocycles. The smallest absolute Gasteiger partial charge is 0.406 e. The molecule has 9 nitrogen and oxygen atoms in total. The largest absolute Gasteiger partial charge is 0.573 e. The first-order chi connectivity index (χ1) is 16.0. The lowest BCUT2D eigenvalue weighted by atomic mass is 9.96. The summed E-state index contributed by atoms with van der Waals surface area (Å²) in [6, 6.07) is 11.9. The molecule has 0 aliphatic carbocycles. The average Bonchev–Trinajstić information content (AvgIpc) is 3.12. The van der Waals surface area contributed by atoms with Crippen molar-refractivity contribution in [3.8, 4) is 17.0 Å². The van der Waals surface area contributed by atoms with Gasteiger partial charge in [0.2, 0.25) is 5.91 Å². The molecule has 0 aliphatic rings. The number of alkyl halides is 3. The SMILES string of the molecule is Cc1c(-c2c(C(N)=O)nc3ccccc3c2C(N)=O)nnn1Cc1ccc(OC(F)(F)F)cc1. The number of para-hydroxylation sites is 1. The third kappa shape index (κ3) is 4.37. The predicted octanol–water partition coefficient (Wildman–Crippen LogP) is 2.95. The molecule has 2 aromatic carbocycles. The van der Waals surface area contributed by atoms with Gasteiger partial charge in [0.15, 0.2) is 0 Å². The molecule has 34 heavy (non-hydrogen) atoms. The van der Waals surface area contributed by atoms with Crippen LogP contribution in [-0.4, -0.2) is 38.2 Å². The van der Waals surface area contributed by atoms with E-state index in [9.17, 15) is 22.8 Å². The first kappa shape index (κ1) is 22.7. The summed E-state index contributed by atoms with van der Waals surface area (Å²) in [6.07, 6.45) is -4.79. The molecule has 2 amide bonds. The van der Waals surface area contributed by atoms with Gasteiger partial charge < -0.3 is 16.2 Å². The van der Waals surface area contributed by atoms with Crippen molar-refractivity contribution in [2.24, 2.45) is 11.5 Å². The first-order valence-electron chi connectivity index (χ1n) is 9.82. The van der Waals surface area contributed by atoms with E-state index >= 15 is 0 Å². The van der Waals surface area contributed by atoms with Crippen molar-refractivity contribution in [1.82, 2.24) is 20.0 Å². The molecule has 0 bridgehead atoms. The Kier molecular flexibility index (Phi) is 5.65. The van der Waals surface area contributed by atoms with Crippen molar-refractivity contribution in [2.75, 3.05) is 0 Å². The van der Waals surface area contributed by atoms with Gasteiger partial charge in [-0.25, -0.2) is 9.67 Å². The first-order valence-corrected chi connectivity index (χ1v) is 9.82. The van der Waals surface area contributed by atoms with Crippen molar-refractivity contribution in [3.63, 3.8) is 0 Å². The number of rotatable bonds is 6. The van der Waals surface area contributed by atoms with Gasteiger partial charge in [-0.1, -0.05) is 35.5 Å². The molecule has 0 saturated carbocycles. The third-order valence-electron chi connectivity index (χ3n) is 5.08. The number of primary amides is 2. The summed E-state index contributed by atoms with van der Waals surface area (Å²) in [4.78, 5) is 28.9. The number of nitrogens with two attached hydrogens (primary N) is 2. The molecule has 0 radical (unpaired) electrons. The number of amides is 2. The van der Waals surface area contributed by atoms with Gasteiger partial charge in [0.05, 0.1) is 23.3 Å². The number of aromatic nitrogens is 4. The van der Waals surface area contributed by atoms with E-state index < -0.39 is 18.2 Å².